The highest BCUT2D eigenvalue weighted by atomic mass is 32.1. The lowest BCUT2D eigenvalue weighted by atomic mass is 10.1. The minimum absolute atomic E-state index is 0.100. The maximum atomic E-state index is 12.1. The van der Waals surface area contributed by atoms with Crippen LogP contribution in [0.5, 0.6) is 5.75 Å². The van der Waals surface area contributed by atoms with E-state index in [1.165, 1.54) is 10.9 Å². The van der Waals surface area contributed by atoms with E-state index >= 15 is 0 Å². The van der Waals surface area contributed by atoms with E-state index < -0.39 is 5.91 Å². The number of aromatic hydroxyl groups is 1. The Morgan fingerprint density at radius 3 is 2.86 bits per heavy atom. The summed E-state index contributed by atoms with van der Waals surface area (Å²) >= 11 is 5.29. The van der Waals surface area contributed by atoms with Crippen molar-refractivity contribution in [3.63, 3.8) is 0 Å². The highest BCUT2D eigenvalue weighted by Gasteiger charge is 2.12. The molecule has 0 saturated heterocycles. The zero-order valence-electron chi connectivity index (χ0n) is 11.2. The van der Waals surface area contributed by atoms with Crippen molar-refractivity contribution in [2.45, 2.75) is 6.92 Å². The zero-order valence-corrected chi connectivity index (χ0v) is 12.0. The second-order valence-electron chi connectivity index (χ2n) is 4.62. The second kappa shape index (κ2) is 5.06. The summed E-state index contributed by atoms with van der Waals surface area (Å²) in [4.78, 5) is 12.1. The molecule has 0 spiro atoms. The highest BCUT2D eigenvalue weighted by molar-refractivity contribution is 7.71. The van der Waals surface area contributed by atoms with E-state index in [1.54, 1.807) is 36.4 Å². The van der Waals surface area contributed by atoms with E-state index in [1.807, 2.05) is 6.92 Å². The minimum atomic E-state index is -0.412. The van der Waals surface area contributed by atoms with E-state index in [0.29, 0.717) is 10.2 Å². The van der Waals surface area contributed by atoms with Gasteiger partial charge in [0, 0.05) is 11.5 Å². The van der Waals surface area contributed by atoms with Crippen molar-refractivity contribution in [1.29, 1.82) is 0 Å². The lowest BCUT2D eigenvalue weighted by Crippen LogP contribution is -2.24. The van der Waals surface area contributed by atoms with Gasteiger partial charge < -0.3 is 9.52 Å². The van der Waals surface area contributed by atoms with Gasteiger partial charge >= 0.3 is 5.91 Å². The topological polar surface area (TPSA) is 67.4 Å². The third-order valence-corrected chi connectivity index (χ3v) is 3.47. The van der Waals surface area contributed by atoms with Gasteiger partial charge in [0.15, 0.2) is 5.76 Å². The van der Waals surface area contributed by atoms with Crippen LogP contribution in [0.25, 0.3) is 10.9 Å². The van der Waals surface area contributed by atoms with Gasteiger partial charge in [-0.05, 0) is 42.8 Å². The molecule has 2 N–H and O–H groups in total. The number of phenolic OH excluding ortho intramolecular Hbond substituents is 1. The van der Waals surface area contributed by atoms with Gasteiger partial charge in [-0.25, -0.2) is 4.68 Å². The van der Waals surface area contributed by atoms with Gasteiger partial charge in [0.05, 0.1) is 11.8 Å². The van der Waals surface area contributed by atoms with Crippen molar-refractivity contribution < 1.29 is 14.3 Å². The van der Waals surface area contributed by atoms with Crippen LogP contribution in [0, 0.1) is 11.6 Å². The molecule has 0 aliphatic rings. The molecule has 0 saturated carbocycles. The molecule has 0 bridgehead atoms. The summed E-state index contributed by atoms with van der Waals surface area (Å²) in [7, 11) is 0. The molecular weight excluding hydrogens is 288 g/mol. The smallest absolute Gasteiger partial charge is 0.305 e. The van der Waals surface area contributed by atoms with Gasteiger partial charge in [-0.15, -0.1) is 0 Å². The maximum Gasteiger partial charge on any atom is 0.305 e. The normalized spacial score (nSPS) is 10.7. The minimum Gasteiger partial charge on any atom is -0.508 e. The molecular formula is C15H12N2O3S. The summed E-state index contributed by atoms with van der Waals surface area (Å²) in [6.07, 6.45) is 1.42. The average Bonchev–Trinajstić information content (AvgIpc) is 2.97. The molecule has 21 heavy (non-hydrogen) atoms. The number of amides is 1. The largest absolute Gasteiger partial charge is 0.508 e. The molecule has 0 radical (unpaired) electrons. The molecule has 2 heterocycles. The average molecular weight is 300 g/mol. The number of nitrogens with zero attached hydrogens (tertiary/aromatic N) is 1. The summed E-state index contributed by atoms with van der Waals surface area (Å²) in [5, 5.41) is 10.6. The Hall–Kier alpha value is -2.60. The number of phenols is 1. The first-order valence-corrected chi connectivity index (χ1v) is 6.67. The van der Waals surface area contributed by atoms with Crippen LogP contribution in [0.4, 0.5) is 0 Å². The van der Waals surface area contributed by atoms with Gasteiger partial charge in [0.25, 0.3) is 0 Å². The monoisotopic (exact) mass is 300 g/mol. The molecule has 0 unspecified atom stereocenters. The molecule has 2 aromatic heterocycles. The van der Waals surface area contributed by atoms with Gasteiger partial charge in [0.2, 0.25) is 0 Å². The van der Waals surface area contributed by atoms with Crippen molar-refractivity contribution >= 4 is 29.0 Å². The van der Waals surface area contributed by atoms with E-state index in [4.69, 9.17) is 16.6 Å². The predicted molar refractivity (Wildman–Crippen MR) is 81.6 cm³/mol. The lowest BCUT2D eigenvalue weighted by molar-refractivity contribution is 0.0982. The number of hydrogen-bond donors (Lipinski definition) is 2. The number of aromatic nitrogens is 1. The van der Waals surface area contributed by atoms with Crippen LogP contribution >= 0.6 is 12.2 Å². The third kappa shape index (κ3) is 2.41. The van der Waals surface area contributed by atoms with E-state index in [2.05, 4.69) is 5.43 Å². The molecule has 1 amide bonds. The Morgan fingerprint density at radius 1 is 1.33 bits per heavy atom. The van der Waals surface area contributed by atoms with E-state index in [-0.39, 0.29) is 11.5 Å². The molecule has 0 aliphatic carbocycles. The summed E-state index contributed by atoms with van der Waals surface area (Å²) in [5.41, 5.74) is 4.27. The summed E-state index contributed by atoms with van der Waals surface area (Å²) in [6, 6.07) is 9.92. The fourth-order valence-electron chi connectivity index (χ4n) is 2.16. The van der Waals surface area contributed by atoms with E-state index in [0.717, 1.165) is 10.9 Å². The summed E-state index contributed by atoms with van der Waals surface area (Å²) in [6.45, 7) is 1.92. The first-order valence-electron chi connectivity index (χ1n) is 6.26. The van der Waals surface area contributed by atoms with Gasteiger partial charge in [-0.2, -0.15) is 0 Å². The molecule has 0 fully saturated rings. The van der Waals surface area contributed by atoms with E-state index in [9.17, 15) is 9.90 Å². The van der Waals surface area contributed by atoms with Crippen molar-refractivity contribution in [2.24, 2.45) is 0 Å². The molecule has 6 heteroatoms. The van der Waals surface area contributed by atoms with Crippen molar-refractivity contribution in [2.75, 3.05) is 5.43 Å². The Morgan fingerprint density at radius 2 is 2.14 bits per heavy atom. The first kappa shape index (κ1) is 13.4. The number of rotatable bonds is 2. The molecule has 5 nitrogen and oxygen atoms in total. The lowest BCUT2D eigenvalue weighted by Gasteiger charge is -2.14. The maximum absolute atomic E-state index is 12.1. The number of carbonyl (C=O) groups excluding carboxylic acids is 1. The van der Waals surface area contributed by atoms with Crippen LogP contribution in [0.2, 0.25) is 0 Å². The highest BCUT2D eigenvalue weighted by Crippen LogP contribution is 2.23. The summed E-state index contributed by atoms with van der Waals surface area (Å²) in [5.74, 6) is -0.126. The first-order chi connectivity index (χ1) is 10.1. The van der Waals surface area contributed by atoms with Crippen LogP contribution in [-0.4, -0.2) is 15.7 Å². The Bertz CT molecular complexity index is 882. The van der Waals surface area contributed by atoms with Gasteiger partial charge in [-0.1, -0.05) is 12.2 Å². The van der Waals surface area contributed by atoms with Crippen LogP contribution in [-0.2, 0) is 0 Å². The quantitative estimate of drug-likeness (QED) is 0.712. The molecule has 106 valence electrons. The van der Waals surface area contributed by atoms with Crippen molar-refractivity contribution in [3.05, 3.63) is 58.6 Å². The van der Waals surface area contributed by atoms with Crippen LogP contribution in [0.3, 0.4) is 0 Å². The fourth-order valence-corrected chi connectivity index (χ4v) is 2.49. The Kier molecular flexibility index (Phi) is 3.23. The number of aryl methyl sites for hydroxylation is 1. The van der Waals surface area contributed by atoms with Crippen LogP contribution in [0.1, 0.15) is 16.1 Å². The predicted octanol–water partition coefficient (Wildman–Crippen LogP) is 3.36. The SMILES string of the molecule is Cc1cc(=S)n(NC(=O)c2ccco2)c2cc(O)ccc12. The number of pyridine rings is 1. The molecule has 0 aliphatic heterocycles. The molecule has 0 atom stereocenters. The zero-order chi connectivity index (χ0) is 15.0. The van der Waals surface area contributed by atoms with Gasteiger partial charge in [0.1, 0.15) is 10.4 Å². The van der Waals surface area contributed by atoms with Crippen molar-refractivity contribution in [1.82, 2.24) is 4.68 Å². The van der Waals surface area contributed by atoms with Crippen LogP contribution < -0.4 is 5.43 Å². The molecule has 3 rings (SSSR count). The fraction of sp³-hybridized carbons (Fsp3) is 0.0667. The van der Waals surface area contributed by atoms with Gasteiger partial charge in [-0.3, -0.25) is 10.2 Å². The Labute approximate surface area is 125 Å². The molecule has 3 aromatic rings. The molecule has 1 aromatic carbocycles. The van der Waals surface area contributed by atoms with Crippen molar-refractivity contribution in [3.8, 4) is 5.75 Å². The van der Waals surface area contributed by atoms with Crippen LogP contribution in [0.15, 0.2) is 47.1 Å². The number of carbonyl (C=O) groups is 1. The second-order valence-corrected chi connectivity index (χ2v) is 5.04. The standard InChI is InChI=1S/C15H12N2O3S/c1-9-7-14(21)17(12-8-10(18)4-5-11(9)12)16-15(19)13-3-2-6-20-13/h2-8,18H,1H3,(H,16,19). The third-order valence-electron chi connectivity index (χ3n) is 3.17. The number of furan rings is 1. The number of benzene rings is 1. The summed E-state index contributed by atoms with van der Waals surface area (Å²) < 4.78 is 6.95. The number of nitrogens with one attached hydrogen (secondary N) is 1. The number of fused-ring (bicyclic) bond motifs is 1. The Balaban J connectivity index is 2.15. The number of hydrogen-bond acceptors (Lipinski definition) is 4.